The monoisotopic (exact) mass is 513 g/mol. The van der Waals surface area contributed by atoms with Crippen molar-refractivity contribution in [1.82, 2.24) is 0 Å². The summed E-state index contributed by atoms with van der Waals surface area (Å²) in [5.74, 6) is -0.528. The number of alkyl halides is 3. The molecular weight excluding hydrogens is 507 g/mol. The van der Waals surface area contributed by atoms with Crippen LogP contribution in [0, 0.1) is 0 Å². The van der Waals surface area contributed by atoms with Crippen LogP contribution in [0.5, 0.6) is 0 Å². The molecule has 3 nitrogen and oxygen atoms in total. The van der Waals surface area contributed by atoms with E-state index in [0.29, 0.717) is 15.7 Å². The molecule has 0 unspecified atom stereocenters. The maximum Gasteiger partial charge on any atom is 0.250 e. The van der Waals surface area contributed by atoms with Gasteiger partial charge in [0.15, 0.2) is 0 Å². The second-order valence-corrected chi connectivity index (χ2v) is 8.79. The number of anilines is 1. The number of hydrogen-bond acceptors (Lipinski definition) is 2. The number of halogens is 4. The summed E-state index contributed by atoms with van der Waals surface area (Å²) >= 11 is 6.55. The molecule has 88 valence electrons. The molecule has 0 aliphatic carbocycles. The number of carbonyl (C=O) groups is 1. The molecule has 1 rings (SSSR count). The summed E-state index contributed by atoms with van der Waals surface area (Å²) in [4.78, 5) is 11.0. The van der Waals surface area contributed by atoms with Crippen LogP contribution in [0.3, 0.4) is 0 Å². The molecule has 2 N–H and O–H groups in total. The van der Waals surface area contributed by atoms with Crippen molar-refractivity contribution in [3.8, 4) is 0 Å². The van der Waals surface area contributed by atoms with Crippen molar-refractivity contribution in [3.63, 3.8) is 0 Å². The quantitative estimate of drug-likeness (QED) is 0.481. The van der Waals surface area contributed by atoms with E-state index in [-0.39, 0.29) is 0 Å². The molecule has 0 spiro atoms. The smallest absolute Gasteiger partial charge is 0.250 e. The van der Waals surface area contributed by atoms with E-state index in [0.717, 1.165) is 0 Å². The molecule has 0 saturated carbocycles. The summed E-state index contributed by atoms with van der Waals surface area (Å²) < 4.78 is 12.8. The molecule has 0 radical (unpaired) electrons. The highest BCUT2D eigenvalue weighted by molar-refractivity contribution is 14.2. The van der Waals surface area contributed by atoms with E-state index in [1.54, 1.807) is 57.3 Å². The van der Waals surface area contributed by atoms with Gasteiger partial charge in [0, 0.05) is 15.7 Å². The van der Waals surface area contributed by atoms with Gasteiger partial charge in [-0.1, -0.05) is 15.9 Å². The van der Waals surface area contributed by atoms with Crippen LogP contribution >= 0.6 is 61.1 Å². The molecule has 0 heterocycles. The van der Waals surface area contributed by atoms with Gasteiger partial charge in [-0.15, -0.1) is 0 Å². The van der Waals surface area contributed by atoms with Crippen LogP contribution in [0.4, 0.5) is 10.1 Å². The average Bonchev–Trinajstić information content (AvgIpc) is 2.19. The van der Waals surface area contributed by atoms with E-state index in [1.165, 1.54) is 6.07 Å². The Hall–Kier alpha value is 0.520. The number of aliphatic hydroxyl groups excluding tert-OH is 1. The minimum atomic E-state index is -1.56. The second-order valence-electron chi connectivity index (χ2n) is 2.90. The van der Waals surface area contributed by atoms with Crippen molar-refractivity contribution in [2.45, 2.75) is 1.68 Å². The Labute approximate surface area is 128 Å². The summed E-state index contributed by atoms with van der Waals surface area (Å²) in [6.07, 6.45) is 0. The van der Waals surface area contributed by atoms with Crippen LogP contribution in [0.15, 0.2) is 22.7 Å². The van der Waals surface area contributed by atoms with E-state index in [2.05, 4.69) is 21.2 Å². The molecule has 1 aromatic rings. The summed E-state index contributed by atoms with van der Waals surface area (Å²) in [6, 6.07) is 4.80. The minimum absolute atomic E-state index is 0.421. The zero-order chi connectivity index (χ0) is 12.3. The number of amides is 1. The third-order valence-electron chi connectivity index (χ3n) is 1.70. The molecule has 0 atom stereocenters. The Kier molecular flexibility index (Phi) is 5.39. The van der Waals surface area contributed by atoms with Gasteiger partial charge >= 0.3 is 0 Å². The lowest BCUT2D eigenvalue weighted by molar-refractivity contribution is -0.118. The van der Waals surface area contributed by atoms with Crippen LogP contribution in [0.2, 0.25) is 0 Å². The van der Waals surface area contributed by atoms with Gasteiger partial charge in [0.2, 0.25) is 7.59 Å². The lowest BCUT2D eigenvalue weighted by Gasteiger charge is -2.14. The molecule has 0 fully saturated rings. The van der Waals surface area contributed by atoms with Gasteiger partial charge in [0.05, 0.1) is 0 Å². The fourth-order valence-electron chi connectivity index (χ4n) is 1.02. The fourth-order valence-corrected chi connectivity index (χ4v) is 3.17. The van der Waals surface area contributed by atoms with Crippen LogP contribution < -0.4 is 5.32 Å². The van der Waals surface area contributed by atoms with Crippen molar-refractivity contribution >= 4 is 72.7 Å². The van der Waals surface area contributed by atoms with Crippen LogP contribution in [0.25, 0.3) is 0 Å². The SMILES string of the molecule is O=C(CO)Nc1ccc(Br)c(C(F)(I)I)c1. The minimum Gasteiger partial charge on any atom is -0.387 e. The lowest BCUT2D eigenvalue weighted by atomic mass is 10.2. The van der Waals surface area contributed by atoms with Gasteiger partial charge in [-0.3, -0.25) is 4.79 Å². The Balaban J connectivity index is 3.03. The molecule has 0 bridgehead atoms. The number of carbonyl (C=O) groups excluding carboxylic acids is 1. The van der Waals surface area contributed by atoms with Gasteiger partial charge in [-0.2, -0.15) is 0 Å². The van der Waals surface area contributed by atoms with Crippen molar-refractivity contribution in [3.05, 3.63) is 28.2 Å². The van der Waals surface area contributed by atoms with E-state index in [4.69, 9.17) is 5.11 Å². The highest BCUT2D eigenvalue weighted by Gasteiger charge is 2.26. The molecule has 0 aliphatic rings. The molecule has 1 amide bonds. The topological polar surface area (TPSA) is 49.3 Å². The Morgan fingerprint density at radius 3 is 2.69 bits per heavy atom. The largest absolute Gasteiger partial charge is 0.387 e. The summed E-state index contributed by atoms with van der Waals surface area (Å²) in [7, 11) is 0. The van der Waals surface area contributed by atoms with Crippen LogP contribution in [-0.2, 0) is 6.48 Å². The molecule has 0 aromatic heterocycles. The van der Waals surface area contributed by atoms with Crippen molar-refractivity contribution in [2.24, 2.45) is 0 Å². The number of hydrogen-bond donors (Lipinski definition) is 2. The fraction of sp³-hybridized carbons (Fsp3) is 0.222. The van der Waals surface area contributed by atoms with Gasteiger partial charge in [0.25, 0.3) is 0 Å². The van der Waals surface area contributed by atoms with Gasteiger partial charge in [0.1, 0.15) is 6.61 Å². The maximum atomic E-state index is 13.8. The summed E-state index contributed by atoms with van der Waals surface area (Å²) in [5.41, 5.74) is 0.872. The second kappa shape index (κ2) is 5.91. The Morgan fingerprint density at radius 1 is 1.56 bits per heavy atom. The lowest BCUT2D eigenvalue weighted by Crippen LogP contribution is -2.16. The van der Waals surface area contributed by atoms with Crippen LogP contribution in [0.1, 0.15) is 5.56 Å². The molecule has 0 saturated heterocycles. The zero-order valence-corrected chi connectivity index (χ0v) is 13.7. The van der Waals surface area contributed by atoms with Crippen molar-refractivity contribution < 1.29 is 14.3 Å². The maximum absolute atomic E-state index is 13.8. The Bertz CT molecular complexity index is 409. The molecule has 7 heteroatoms. The van der Waals surface area contributed by atoms with E-state index in [9.17, 15) is 9.18 Å². The van der Waals surface area contributed by atoms with Crippen molar-refractivity contribution in [1.29, 1.82) is 0 Å². The highest BCUT2D eigenvalue weighted by atomic mass is 127. The first-order valence-corrected chi connectivity index (χ1v) is 7.07. The third kappa shape index (κ3) is 4.08. The van der Waals surface area contributed by atoms with Gasteiger partial charge < -0.3 is 10.4 Å². The number of nitrogens with one attached hydrogen (secondary N) is 1. The normalized spacial score (nSPS) is 11.3. The first kappa shape index (κ1) is 14.6. The number of benzene rings is 1. The highest BCUT2D eigenvalue weighted by Crippen LogP contribution is 2.44. The van der Waals surface area contributed by atoms with E-state index >= 15 is 0 Å². The summed E-state index contributed by atoms with van der Waals surface area (Å²) in [5, 5.41) is 11.0. The van der Waals surface area contributed by atoms with Crippen molar-refractivity contribution in [2.75, 3.05) is 11.9 Å². The predicted octanol–water partition coefficient (Wildman–Crippen LogP) is 3.33. The van der Waals surface area contributed by atoms with Gasteiger partial charge in [-0.25, -0.2) is 4.39 Å². The van der Waals surface area contributed by atoms with Gasteiger partial charge in [-0.05, 0) is 63.4 Å². The standard InChI is InChI=1S/C9H7BrFI2NO2/c10-7-2-1-5(14-8(16)4-15)3-6(7)9(11,12)13/h1-3,15H,4H2,(H,14,16). The molecule has 16 heavy (non-hydrogen) atoms. The number of rotatable bonds is 3. The summed E-state index contributed by atoms with van der Waals surface area (Å²) in [6.45, 7) is -0.597. The zero-order valence-electron chi connectivity index (χ0n) is 7.81. The third-order valence-corrected chi connectivity index (χ3v) is 3.55. The van der Waals surface area contributed by atoms with E-state index < -0.39 is 14.2 Å². The van der Waals surface area contributed by atoms with Crippen LogP contribution in [-0.4, -0.2) is 17.6 Å². The predicted molar refractivity (Wildman–Crippen MR) is 80.7 cm³/mol. The first-order chi connectivity index (χ1) is 7.34. The number of aliphatic hydroxyl groups is 1. The Morgan fingerprint density at radius 2 is 2.19 bits per heavy atom. The molecular formula is C9H7BrFI2NO2. The molecule has 0 aliphatic heterocycles. The van der Waals surface area contributed by atoms with E-state index in [1.807, 2.05) is 0 Å². The molecule has 1 aromatic carbocycles. The first-order valence-electron chi connectivity index (χ1n) is 4.12. The average molecular weight is 514 g/mol.